The molecule has 0 unspecified atom stereocenters. The third-order valence-electron chi connectivity index (χ3n) is 4.06. The van der Waals surface area contributed by atoms with Gasteiger partial charge in [0.05, 0.1) is 10.4 Å². The van der Waals surface area contributed by atoms with Crippen LogP contribution in [-0.2, 0) is 9.53 Å². The fourth-order valence-electron chi connectivity index (χ4n) is 2.61. The summed E-state index contributed by atoms with van der Waals surface area (Å²) in [7, 11) is 0. The molecule has 25 heavy (non-hydrogen) atoms. The molecule has 1 amide bonds. The summed E-state index contributed by atoms with van der Waals surface area (Å²) in [5.74, 6) is 0.190. The zero-order chi connectivity index (χ0) is 17.9. The van der Waals surface area contributed by atoms with Gasteiger partial charge in [-0.2, -0.15) is 0 Å². The number of anilines is 1. The predicted octanol–water partition coefficient (Wildman–Crippen LogP) is 4.15. The van der Waals surface area contributed by atoms with Crippen molar-refractivity contribution >= 4 is 34.1 Å². The van der Waals surface area contributed by atoms with E-state index in [1.165, 1.54) is 11.3 Å². The van der Waals surface area contributed by atoms with Crippen LogP contribution in [0, 0.1) is 0 Å². The van der Waals surface area contributed by atoms with Gasteiger partial charge < -0.3 is 15.2 Å². The number of nitrogens with one attached hydrogen (secondary N) is 1. The van der Waals surface area contributed by atoms with E-state index in [-0.39, 0.29) is 11.7 Å². The third kappa shape index (κ3) is 4.74. The van der Waals surface area contributed by atoms with E-state index in [2.05, 4.69) is 10.3 Å². The number of aromatic nitrogens is 1. The maximum Gasteiger partial charge on any atom is 0.241 e. The van der Waals surface area contributed by atoms with Crippen LogP contribution >= 0.6 is 23.1 Å². The quantitative estimate of drug-likeness (QED) is 0.818. The Labute approximate surface area is 155 Å². The van der Waals surface area contributed by atoms with Crippen LogP contribution in [0.15, 0.2) is 29.6 Å². The molecule has 1 fully saturated rings. The largest absolute Gasteiger partial charge is 0.508 e. The Balaban J connectivity index is 1.63. The Morgan fingerprint density at radius 2 is 2.00 bits per heavy atom. The summed E-state index contributed by atoms with van der Waals surface area (Å²) in [6, 6.07) is 6.86. The summed E-state index contributed by atoms with van der Waals surface area (Å²) < 4.78 is 4.86. The van der Waals surface area contributed by atoms with Crippen molar-refractivity contribution < 1.29 is 14.6 Å². The fraction of sp³-hybridized carbons (Fsp3) is 0.444. The topological polar surface area (TPSA) is 71.5 Å². The van der Waals surface area contributed by atoms with Crippen molar-refractivity contribution in [2.24, 2.45) is 0 Å². The van der Waals surface area contributed by atoms with Gasteiger partial charge >= 0.3 is 0 Å². The Kier molecular flexibility index (Phi) is 5.66. The molecular formula is C18H22N2O3S2. The SMILES string of the molecule is CC(C)(SC1CCOCC1)C(=O)Nc1nc(-c2ccc(O)cc2)cs1. The maximum atomic E-state index is 12.7. The third-order valence-corrected chi connectivity index (χ3v) is 6.40. The number of rotatable bonds is 5. The fourth-order valence-corrected chi connectivity index (χ4v) is 4.74. The smallest absolute Gasteiger partial charge is 0.241 e. The normalized spacial score (nSPS) is 15.9. The van der Waals surface area contributed by atoms with Crippen molar-refractivity contribution in [3.8, 4) is 17.0 Å². The summed E-state index contributed by atoms with van der Waals surface area (Å²) in [4.78, 5) is 17.2. The van der Waals surface area contributed by atoms with E-state index in [4.69, 9.17) is 4.74 Å². The van der Waals surface area contributed by atoms with Crippen LogP contribution in [0.2, 0.25) is 0 Å². The van der Waals surface area contributed by atoms with Gasteiger partial charge in [-0.15, -0.1) is 23.1 Å². The number of thiazole rings is 1. The maximum absolute atomic E-state index is 12.7. The number of hydrogen-bond acceptors (Lipinski definition) is 6. The minimum atomic E-state index is -0.521. The summed E-state index contributed by atoms with van der Waals surface area (Å²) >= 11 is 3.12. The number of benzene rings is 1. The average Bonchev–Trinajstić information content (AvgIpc) is 3.04. The summed E-state index contributed by atoms with van der Waals surface area (Å²) in [6.07, 6.45) is 1.98. The van der Waals surface area contributed by atoms with E-state index in [0.717, 1.165) is 37.3 Å². The van der Waals surface area contributed by atoms with Crippen molar-refractivity contribution in [1.82, 2.24) is 4.98 Å². The molecule has 134 valence electrons. The first-order chi connectivity index (χ1) is 11.9. The molecule has 0 radical (unpaired) electrons. The number of aromatic hydroxyl groups is 1. The second kappa shape index (κ2) is 7.76. The highest BCUT2D eigenvalue weighted by atomic mass is 32.2. The molecule has 0 atom stereocenters. The minimum Gasteiger partial charge on any atom is -0.508 e. The van der Waals surface area contributed by atoms with E-state index in [1.807, 2.05) is 19.2 Å². The molecule has 7 heteroatoms. The lowest BCUT2D eigenvalue weighted by atomic mass is 10.2. The Bertz CT molecular complexity index is 722. The van der Waals surface area contributed by atoms with Crippen molar-refractivity contribution in [3.05, 3.63) is 29.6 Å². The van der Waals surface area contributed by atoms with Crippen molar-refractivity contribution in [3.63, 3.8) is 0 Å². The average molecular weight is 379 g/mol. The molecule has 2 N–H and O–H groups in total. The highest BCUT2D eigenvalue weighted by Gasteiger charge is 2.33. The van der Waals surface area contributed by atoms with Gasteiger partial charge in [-0.25, -0.2) is 4.98 Å². The first kappa shape index (κ1) is 18.2. The standard InChI is InChI=1S/C18H22N2O3S2/c1-18(2,25-14-7-9-23-10-8-14)16(22)20-17-19-15(11-24-17)12-3-5-13(21)6-4-12/h3-6,11,14,21H,7-10H2,1-2H3,(H,19,20,22). The van der Waals surface area contributed by atoms with Gasteiger partial charge in [-0.05, 0) is 51.0 Å². The van der Waals surface area contributed by atoms with E-state index in [1.54, 1.807) is 36.0 Å². The number of phenols is 1. The molecule has 1 aromatic carbocycles. The van der Waals surface area contributed by atoms with Crippen molar-refractivity contribution in [1.29, 1.82) is 0 Å². The van der Waals surface area contributed by atoms with Gasteiger partial charge in [0.1, 0.15) is 5.75 Å². The molecule has 0 bridgehead atoms. The van der Waals surface area contributed by atoms with Gasteiger partial charge in [0.25, 0.3) is 0 Å². The monoisotopic (exact) mass is 378 g/mol. The van der Waals surface area contributed by atoms with Gasteiger partial charge in [0, 0.05) is 29.4 Å². The number of hydrogen-bond donors (Lipinski definition) is 2. The van der Waals surface area contributed by atoms with Crippen molar-refractivity contribution in [2.45, 2.75) is 36.7 Å². The van der Waals surface area contributed by atoms with Gasteiger partial charge in [0.2, 0.25) is 5.91 Å². The molecule has 3 rings (SSSR count). The van der Waals surface area contributed by atoms with Gasteiger partial charge in [-0.1, -0.05) is 0 Å². The molecule has 2 aromatic rings. The molecule has 0 spiro atoms. The first-order valence-corrected chi connectivity index (χ1v) is 10.0. The lowest BCUT2D eigenvalue weighted by molar-refractivity contribution is -0.117. The van der Waals surface area contributed by atoms with Crippen LogP contribution in [0.1, 0.15) is 26.7 Å². The minimum absolute atomic E-state index is 0.0319. The Hall–Kier alpha value is -1.57. The van der Waals surface area contributed by atoms with Crippen LogP contribution in [0.3, 0.4) is 0 Å². The lowest BCUT2D eigenvalue weighted by Gasteiger charge is -2.30. The second-order valence-corrected chi connectivity index (χ2v) is 9.26. The number of ether oxygens (including phenoxy) is 1. The zero-order valence-electron chi connectivity index (χ0n) is 14.3. The number of amides is 1. The first-order valence-electron chi connectivity index (χ1n) is 8.26. The highest BCUT2D eigenvalue weighted by molar-refractivity contribution is 8.02. The molecule has 0 aliphatic carbocycles. The number of thioether (sulfide) groups is 1. The number of carbonyl (C=O) groups is 1. The molecule has 1 aliphatic heterocycles. The second-order valence-electron chi connectivity index (χ2n) is 6.48. The van der Waals surface area contributed by atoms with E-state index in [0.29, 0.717) is 10.4 Å². The Morgan fingerprint density at radius 1 is 1.32 bits per heavy atom. The number of nitrogens with zero attached hydrogens (tertiary/aromatic N) is 1. The molecule has 2 heterocycles. The van der Waals surface area contributed by atoms with Crippen LogP contribution in [0.4, 0.5) is 5.13 Å². The van der Waals surface area contributed by atoms with E-state index < -0.39 is 4.75 Å². The molecule has 5 nitrogen and oxygen atoms in total. The zero-order valence-corrected chi connectivity index (χ0v) is 16.0. The number of phenolic OH excluding ortho intramolecular Hbond substituents is 1. The van der Waals surface area contributed by atoms with Crippen molar-refractivity contribution in [2.75, 3.05) is 18.5 Å². The van der Waals surface area contributed by atoms with Gasteiger partial charge in [-0.3, -0.25) is 4.79 Å². The van der Waals surface area contributed by atoms with E-state index >= 15 is 0 Å². The molecule has 1 aliphatic rings. The van der Waals surface area contributed by atoms with Crippen LogP contribution < -0.4 is 5.32 Å². The van der Waals surface area contributed by atoms with Crippen LogP contribution in [0.5, 0.6) is 5.75 Å². The molecule has 1 saturated heterocycles. The van der Waals surface area contributed by atoms with E-state index in [9.17, 15) is 9.90 Å². The number of carbonyl (C=O) groups excluding carboxylic acids is 1. The predicted molar refractivity (Wildman–Crippen MR) is 103 cm³/mol. The molecule has 0 saturated carbocycles. The highest BCUT2D eigenvalue weighted by Crippen LogP contribution is 2.35. The summed E-state index contributed by atoms with van der Waals surface area (Å²) in [5, 5.41) is 15.3. The summed E-state index contributed by atoms with van der Waals surface area (Å²) in [5.41, 5.74) is 1.69. The Morgan fingerprint density at radius 3 is 2.68 bits per heavy atom. The molecule has 1 aromatic heterocycles. The summed E-state index contributed by atoms with van der Waals surface area (Å²) in [6.45, 7) is 5.46. The van der Waals surface area contributed by atoms with Crippen LogP contribution in [0.25, 0.3) is 11.3 Å². The van der Waals surface area contributed by atoms with Gasteiger partial charge in [0.15, 0.2) is 5.13 Å². The molecular weight excluding hydrogens is 356 g/mol. The lowest BCUT2D eigenvalue weighted by Crippen LogP contribution is -2.37. The van der Waals surface area contributed by atoms with Crippen LogP contribution in [-0.4, -0.2) is 39.2 Å².